The van der Waals surface area contributed by atoms with Crippen molar-refractivity contribution in [3.8, 4) is 0 Å². The second-order valence-corrected chi connectivity index (χ2v) is 6.18. The molecule has 0 saturated carbocycles. The molecule has 1 heterocycles. The van der Waals surface area contributed by atoms with E-state index in [-0.39, 0.29) is 5.97 Å². The Morgan fingerprint density at radius 3 is 2.58 bits per heavy atom. The molecule has 110 valence electrons. The van der Waals surface area contributed by atoms with E-state index in [4.69, 9.17) is 12.2 Å². The predicted octanol–water partition coefficient (Wildman–Crippen LogP) is 2.08. The number of unbranched alkanes of at least 4 members (excludes halogenated alkanes) is 2. The fourth-order valence-electron chi connectivity index (χ4n) is 2.28. The van der Waals surface area contributed by atoms with Gasteiger partial charge in [-0.15, -0.1) is 0 Å². The van der Waals surface area contributed by atoms with E-state index in [1.165, 1.54) is 7.11 Å². The minimum absolute atomic E-state index is 0.111. The molecule has 2 unspecified atom stereocenters. The second-order valence-electron chi connectivity index (χ2n) is 4.79. The van der Waals surface area contributed by atoms with Crippen molar-refractivity contribution in [2.24, 2.45) is 0 Å². The lowest BCUT2D eigenvalue weighted by Crippen LogP contribution is -2.34. The predicted molar refractivity (Wildman–Crippen MR) is 84.5 cm³/mol. The lowest BCUT2D eigenvalue weighted by Gasteiger charge is -2.18. The van der Waals surface area contributed by atoms with Gasteiger partial charge >= 0.3 is 5.97 Å². The minimum atomic E-state index is -0.111. The van der Waals surface area contributed by atoms with Crippen LogP contribution in [0.3, 0.4) is 0 Å². The molecular weight excluding hydrogens is 280 g/mol. The Kier molecular flexibility index (Phi) is 8.21. The van der Waals surface area contributed by atoms with Crippen LogP contribution in [0.4, 0.5) is 0 Å². The summed E-state index contributed by atoms with van der Waals surface area (Å²) in [6.07, 6.45) is 7.99. The van der Waals surface area contributed by atoms with Crippen LogP contribution in [0, 0.1) is 0 Å². The highest BCUT2D eigenvalue weighted by Crippen LogP contribution is 2.16. The van der Waals surface area contributed by atoms with Gasteiger partial charge in [-0.05, 0) is 43.5 Å². The van der Waals surface area contributed by atoms with Crippen LogP contribution in [0.5, 0.6) is 0 Å². The molecule has 0 amide bonds. The highest BCUT2D eigenvalue weighted by atomic mass is 32.2. The molecule has 1 saturated heterocycles. The zero-order valence-corrected chi connectivity index (χ0v) is 13.4. The van der Waals surface area contributed by atoms with Crippen molar-refractivity contribution in [2.45, 2.75) is 50.6 Å². The van der Waals surface area contributed by atoms with E-state index in [0.717, 1.165) is 43.0 Å². The molecule has 0 spiro atoms. The largest absolute Gasteiger partial charge is 0.469 e. The standard InChI is InChI=1S/C13H24N2O2S2/c1-17-12(16)7-5-3-4-6-10-11(8-9-19-2)15-13(18)14-10/h10-11H,3-9H2,1-2H3,(H2,14,15,18). The minimum Gasteiger partial charge on any atom is -0.469 e. The molecule has 1 aliphatic heterocycles. The molecule has 1 fully saturated rings. The molecule has 1 aliphatic rings. The van der Waals surface area contributed by atoms with Crippen LogP contribution < -0.4 is 10.6 Å². The first-order chi connectivity index (χ1) is 9.17. The SMILES string of the molecule is COC(=O)CCCCCC1NC(=S)NC1CCSC. The maximum atomic E-state index is 11.0. The molecule has 0 aliphatic carbocycles. The second kappa shape index (κ2) is 9.42. The first-order valence-corrected chi connectivity index (χ1v) is 8.60. The number of thioether (sulfide) groups is 1. The first kappa shape index (κ1) is 16.6. The summed E-state index contributed by atoms with van der Waals surface area (Å²) in [6.45, 7) is 0. The number of thiocarbonyl (C=S) groups is 1. The van der Waals surface area contributed by atoms with Gasteiger partial charge < -0.3 is 15.4 Å². The summed E-state index contributed by atoms with van der Waals surface area (Å²) in [5, 5.41) is 7.47. The van der Waals surface area contributed by atoms with Gasteiger partial charge in [0.2, 0.25) is 0 Å². The molecule has 0 radical (unpaired) electrons. The number of esters is 1. The van der Waals surface area contributed by atoms with Crippen LogP contribution in [-0.2, 0) is 9.53 Å². The van der Waals surface area contributed by atoms with Crippen molar-refractivity contribution in [1.29, 1.82) is 0 Å². The van der Waals surface area contributed by atoms with Gasteiger partial charge in [0.05, 0.1) is 7.11 Å². The maximum Gasteiger partial charge on any atom is 0.305 e. The van der Waals surface area contributed by atoms with Gasteiger partial charge in [0, 0.05) is 18.5 Å². The highest BCUT2D eigenvalue weighted by Gasteiger charge is 2.28. The van der Waals surface area contributed by atoms with Gasteiger partial charge in [-0.2, -0.15) is 11.8 Å². The Hall–Kier alpha value is -0.490. The van der Waals surface area contributed by atoms with E-state index in [1.54, 1.807) is 0 Å². The fourth-order valence-corrected chi connectivity index (χ4v) is 3.08. The number of rotatable bonds is 9. The smallest absolute Gasteiger partial charge is 0.305 e. The molecule has 1 rings (SSSR count). The quantitative estimate of drug-likeness (QED) is 0.386. The van der Waals surface area contributed by atoms with E-state index in [9.17, 15) is 4.79 Å². The number of hydrogen-bond acceptors (Lipinski definition) is 4. The van der Waals surface area contributed by atoms with Gasteiger partial charge in [-0.1, -0.05) is 12.8 Å². The van der Waals surface area contributed by atoms with E-state index in [2.05, 4.69) is 21.6 Å². The van der Waals surface area contributed by atoms with Gasteiger partial charge in [-0.3, -0.25) is 4.79 Å². The van der Waals surface area contributed by atoms with Gasteiger partial charge in [0.25, 0.3) is 0 Å². The van der Waals surface area contributed by atoms with Crippen LogP contribution in [0.2, 0.25) is 0 Å². The summed E-state index contributed by atoms with van der Waals surface area (Å²) in [5.41, 5.74) is 0. The number of carbonyl (C=O) groups excluding carboxylic acids is 1. The number of nitrogens with one attached hydrogen (secondary N) is 2. The summed E-state index contributed by atoms with van der Waals surface area (Å²) in [5.74, 6) is 1.04. The van der Waals surface area contributed by atoms with Crippen molar-refractivity contribution in [3.63, 3.8) is 0 Å². The Morgan fingerprint density at radius 2 is 1.95 bits per heavy atom. The Balaban J connectivity index is 2.16. The van der Waals surface area contributed by atoms with Crippen LogP contribution in [0.25, 0.3) is 0 Å². The fraction of sp³-hybridized carbons (Fsp3) is 0.846. The summed E-state index contributed by atoms with van der Waals surface area (Å²) in [4.78, 5) is 11.0. The monoisotopic (exact) mass is 304 g/mol. The van der Waals surface area contributed by atoms with Gasteiger partial charge in [-0.25, -0.2) is 0 Å². The number of ether oxygens (including phenoxy) is 1. The van der Waals surface area contributed by atoms with Crippen molar-refractivity contribution >= 4 is 35.1 Å². The molecule has 2 N–H and O–H groups in total. The molecule has 2 atom stereocenters. The van der Waals surface area contributed by atoms with Crippen molar-refractivity contribution in [3.05, 3.63) is 0 Å². The normalized spacial score (nSPS) is 21.9. The number of hydrogen-bond donors (Lipinski definition) is 2. The molecule has 6 heteroatoms. The third kappa shape index (κ3) is 6.47. The molecule has 4 nitrogen and oxygen atoms in total. The molecule has 0 bridgehead atoms. The van der Waals surface area contributed by atoms with E-state index in [0.29, 0.717) is 18.5 Å². The summed E-state index contributed by atoms with van der Waals surface area (Å²) in [7, 11) is 1.44. The summed E-state index contributed by atoms with van der Waals surface area (Å²) < 4.78 is 4.62. The molecule has 0 aromatic carbocycles. The highest BCUT2D eigenvalue weighted by molar-refractivity contribution is 7.98. The Bertz CT molecular complexity index is 300. The van der Waals surface area contributed by atoms with Gasteiger partial charge in [0.15, 0.2) is 5.11 Å². The topological polar surface area (TPSA) is 50.4 Å². The zero-order valence-electron chi connectivity index (χ0n) is 11.7. The van der Waals surface area contributed by atoms with Crippen LogP contribution in [0.1, 0.15) is 38.5 Å². The van der Waals surface area contributed by atoms with Gasteiger partial charge in [0.1, 0.15) is 0 Å². The Morgan fingerprint density at radius 1 is 1.26 bits per heavy atom. The van der Waals surface area contributed by atoms with Crippen LogP contribution in [0.15, 0.2) is 0 Å². The van der Waals surface area contributed by atoms with E-state index < -0.39 is 0 Å². The summed E-state index contributed by atoms with van der Waals surface area (Å²) >= 11 is 7.05. The van der Waals surface area contributed by atoms with Crippen molar-refractivity contribution in [1.82, 2.24) is 10.6 Å². The number of carbonyl (C=O) groups is 1. The van der Waals surface area contributed by atoms with Crippen LogP contribution >= 0.6 is 24.0 Å². The van der Waals surface area contributed by atoms with Crippen molar-refractivity contribution in [2.75, 3.05) is 19.1 Å². The molecule has 0 aromatic heterocycles. The lowest BCUT2D eigenvalue weighted by atomic mass is 10.0. The third-order valence-electron chi connectivity index (χ3n) is 3.38. The maximum absolute atomic E-state index is 11.0. The van der Waals surface area contributed by atoms with E-state index in [1.807, 2.05) is 11.8 Å². The Labute approximate surface area is 125 Å². The average Bonchev–Trinajstić information content (AvgIpc) is 2.76. The lowest BCUT2D eigenvalue weighted by molar-refractivity contribution is -0.140. The first-order valence-electron chi connectivity index (χ1n) is 6.80. The zero-order chi connectivity index (χ0) is 14.1. The van der Waals surface area contributed by atoms with Crippen LogP contribution in [-0.4, -0.2) is 42.3 Å². The van der Waals surface area contributed by atoms with Crippen molar-refractivity contribution < 1.29 is 9.53 Å². The third-order valence-corrected chi connectivity index (χ3v) is 4.26. The molecular formula is C13H24N2O2S2. The van der Waals surface area contributed by atoms with E-state index >= 15 is 0 Å². The average molecular weight is 304 g/mol. The molecule has 0 aromatic rings. The number of methoxy groups -OCH3 is 1. The summed E-state index contributed by atoms with van der Waals surface area (Å²) in [6, 6.07) is 0.901. The molecule has 19 heavy (non-hydrogen) atoms.